The second kappa shape index (κ2) is 9.11. The normalized spacial score (nSPS) is 17.6. The van der Waals surface area contributed by atoms with Crippen LogP contribution in [-0.2, 0) is 6.54 Å². The van der Waals surface area contributed by atoms with Gasteiger partial charge in [0.15, 0.2) is 5.82 Å². The zero-order chi connectivity index (χ0) is 25.8. The number of hydrogen-bond acceptors (Lipinski definition) is 7. The minimum absolute atomic E-state index is 0.159. The Morgan fingerprint density at radius 1 is 1.03 bits per heavy atom. The summed E-state index contributed by atoms with van der Waals surface area (Å²) < 4.78 is 12.3. The number of hydrogen-bond donors (Lipinski definition) is 1. The van der Waals surface area contributed by atoms with Crippen molar-refractivity contribution in [1.29, 1.82) is 0 Å². The van der Waals surface area contributed by atoms with E-state index in [0.717, 1.165) is 58.7 Å². The van der Waals surface area contributed by atoms with Crippen LogP contribution in [0.2, 0.25) is 0 Å². The van der Waals surface area contributed by atoms with Crippen LogP contribution < -0.4 is 4.74 Å². The number of fused-ring (bicyclic) bond motifs is 3. The van der Waals surface area contributed by atoms with Gasteiger partial charge >= 0.3 is 0 Å². The average Bonchev–Trinajstić information content (AvgIpc) is 3.55. The smallest absolute Gasteiger partial charge is 0.178 e. The molecule has 4 aromatic rings. The molecule has 194 valence electrons. The molecule has 1 fully saturated rings. The number of ether oxygens (including phenoxy) is 1. The van der Waals surface area contributed by atoms with Gasteiger partial charge in [-0.3, -0.25) is 9.58 Å². The zero-order valence-electron chi connectivity index (χ0n) is 22.0. The summed E-state index contributed by atoms with van der Waals surface area (Å²) in [5.74, 6) is 3.23. The Kier molecular flexibility index (Phi) is 5.88. The van der Waals surface area contributed by atoms with Crippen LogP contribution in [0, 0.1) is 6.92 Å². The fraction of sp³-hybridized carbons (Fsp3) is 0.481. The van der Waals surface area contributed by atoms with Gasteiger partial charge in [-0.1, -0.05) is 6.07 Å². The van der Waals surface area contributed by atoms with E-state index in [1.54, 1.807) is 0 Å². The molecular weight excluding hydrogens is 468 g/mol. The zero-order valence-corrected chi connectivity index (χ0v) is 22.0. The summed E-state index contributed by atoms with van der Waals surface area (Å²) in [6.45, 7) is 13.1. The molecule has 0 radical (unpaired) electrons. The SMILES string of the molecule is Cc1nc(-c2cn3c(n2)-c2ccc(-c4cnn(C5CN(C(C)[C@H](C)O)C5)c4)cc2OCC3)n(C(C)C)n1. The summed E-state index contributed by atoms with van der Waals surface area (Å²) in [6.07, 6.45) is 5.74. The van der Waals surface area contributed by atoms with Crippen molar-refractivity contribution in [2.24, 2.45) is 0 Å². The second-order valence-corrected chi connectivity index (χ2v) is 10.5. The third kappa shape index (κ3) is 4.23. The van der Waals surface area contributed by atoms with Crippen molar-refractivity contribution in [2.45, 2.75) is 65.4 Å². The predicted octanol–water partition coefficient (Wildman–Crippen LogP) is 3.58. The van der Waals surface area contributed by atoms with E-state index in [4.69, 9.17) is 9.72 Å². The number of aliphatic hydroxyl groups excluding tert-OH is 1. The van der Waals surface area contributed by atoms with Gasteiger partial charge in [-0.15, -0.1) is 0 Å². The molecule has 1 saturated heterocycles. The summed E-state index contributed by atoms with van der Waals surface area (Å²) in [5, 5.41) is 19.0. The van der Waals surface area contributed by atoms with E-state index in [0.29, 0.717) is 19.2 Å². The molecule has 2 aliphatic rings. The molecule has 3 aromatic heterocycles. The van der Waals surface area contributed by atoms with Crippen molar-refractivity contribution < 1.29 is 9.84 Å². The van der Waals surface area contributed by atoms with Crippen LogP contribution in [0.5, 0.6) is 5.75 Å². The number of rotatable bonds is 6. The van der Waals surface area contributed by atoms with E-state index in [1.807, 2.05) is 35.6 Å². The summed E-state index contributed by atoms with van der Waals surface area (Å²) in [7, 11) is 0. The lowest BCUT2D eigenvalue weighted by Crippen LogP contribution is -2.54. The highest BCUT2D eigenvalue weighted by atomic mass is 16.5. The van der Waals surface area contributed by atoms with Crippen LogP contribution in [-0.4, -0.2) is 75.9 Å². The molecular formula is C27H34N8O2. The van der Waals surface area contributed by atoms with Crippen molar-refractivity contribution in [1.82, 2.24) is 39.0 Å². The van der Waals surface area contributed by atoms with E-state index in [2.05, 4.69) is 69.8 Å². The largest absolute Gasteiger partial charge is 0.491 e. The van der Waals surface area contributed by atoms with Crippen molar-refractivity contribution >= 4 is 0 Å². The van der Waals surface area contributed by atoms with Crippen LogP contribution in [0.3, 0.4) is 0 Å². The molecule has 1 aromatic carbocycles. The molecule has 37 heavy (non-hydrogen) atoms. The summed E-state index contributed by atoms with van der Waals surface area (Å²) in [5.41, 5.74) is 3.91. The lowest BCUT2D eigenvalue weighted by molar-refractivity contribution is 0.000174. The first-order valence-electron chi connectivity index (χ1n) is 13.0. The van der Waals surface area contributed by atoms with Gasteiger partial charge in [-0.2, -0.15) is 10.2 Å². The maximum absolute atomic E-state index is 9.85. The molecule has 5 heterocycles. The van der Waals surface area contributed by atoms with Crippen LogP contribution in [0.15, 0.2) is 36.8 Å². The minimum atomic E-state index is -0.335. The minimum Gasteiger partial charge on any atom is -0.491 e. The Bertz CT molecular complexity index is 1430. The molecule has 0 amide bonds. The van der Waals surface area contributed by atoms with Gasteiger partial charge in [0.2, 0.25) is 0 Å². The van der Waals surface area contributed by atoms with Gasteiger partial charge in [0.25, 0.3) is 0 Å². The van der Waals surface area contributed by atoms with Crippen molar-refractivity contribution in [3.63, 3.8) is 0 Å². The molecule has 6 rings (SSSR count). The van der Waals surface area contributed by atoms with Crippen molar-refractivity contribution in [3.8, 4) is 39.8 Å². The first-order valence-corrected chi connectivity index (χ1v) is 13.0. The highest BCUT2D eigenvalue weighted by molar-refractivity contribution is 5.74. The Labute approximate surface area is 216 Å². The molecule has 2 atom stereocenters. The molecule has 10 heteroatoms. The Morgan fingerprint density at radius 3 is 2.59 bits per heavy atom. The van der Waals surface area contributed by atoms with Gasteiger partial charge in [0, 0.05) is 43.1 Å². The standard InChI is InChI=1S/C27H34N8O2/c1-16(2)35-27(29-19(5)31-35)24-15-32-8-9-37-25-10-20(6-7-23(25)26(32)30-24)21-11-28-34(12-21)22-13-33(14-22)17(3)18(4)36/h6-7,10-12,15-18,22,36H,8-9,13-14H2,1-5H3/t17?,18-/m0/s1. The third-order valence-electron chi connectivity index (χ3n) is 7.52. The second-order valence-electron chi connectivity index (χ2n) is 10.5. The number of aliphatic hydroxyl groups is 1. The fourth-order valence-corrected chi connectivity index (χ4v) is 5.11. The molecule has 0 saturated carbocycles. The summed E-state index contributed by atoms with van der Waals surface area (Å²) in [4.78, 5) is 11.9. The predicted molar refractivity (Wildman–Crippen MR) is 140 cm³/mol. The average molecular weight is 503 g/mol. The Balaban J connectivity index is 1.26. The van der Waals surface area contributed by atoms with Gasteiger partial charge in [0.1, 0.15) is 29.7 Å². The lowest BCUT2D eigenvalue weighted by Gasteiger charge is -2.44. The number of benzene rings is 1. The number of aryl methyl sites for hydroxylation is 1. The van der Waals surface area contributed by atoms with Crippen LogP contribution in [0.25, 0.3) is 34.0 Å². The third-order valence-corrected chi connectivity index (χ3v) is 7.52. The number of imidazole rings is 1. The van der Waals surface area contributed by atoms with E-state index >= 15 is 0 Å². The highest BCUT2D eigenvalue weighted by Gasteiger charge is 2.33. The lowest BCUT2D eigenvalue weighted by atomic mass is 10.0. The highest BCUT2D eigenvalue weighted by Crippen LogP contribution is 2.37. The number of nitrogens with zero attached hydrogens (tertiary/aromatic N) is 8. The van der Waals surface area contributed by atoms with E-state index in [9.17, 15) is 5.11 Å². The van der Waals surface area contributed by atoms with Gasteiger partial charge in [-0.05, 0) is 52.3 Å². The Morgan fingerprint density at radius 2 is 1.84 bits per heavy atom. The van der Waals surface area contributed by atoms with Crippen LogP contribution in [0.1, 0.15) is 45.6 Å². The summed E-state index contributed by atoms with van der Waals surface area (Å²) in [6, 6.07) is 6.97. The number of likely N-dealkylation sites (tertiary alicyclic amines) is 1. The molecule has 0 bridgehead atoms. The van der Waals surface area contributed by atoms with Crippen LogP contribution >= 0.6 is 0 Å². The molecule has 1 N–H and O–H groups in total. The van der Waals surface area contributed by atoms with Crippen LogP contribution in [0.4, 0.5) is 0 Å². The maximum atomic E-state index is 9.85. The number of aromatic nitrogens is 7. The molecule has 0 spiro atoms. The van der Waals surface area contributed by atoms with E-state index < -0.39 is 0 Å². The van der Waals surface area contributed by atoms with E-state index in [-0.39, 0.29) is 18.2 Å². The first-order chi connectivity index (χ1) is 17.8. The first kappa shape index (κ1) is 23.9. The van der Waals surface area contributed by atoms with Crippen molar-refractivity contribution in [3.05, 3.63) is 42.6 Å². The molecule has 0 aliphatic carbocycles. The monoisotopic (exact) mass is 502 g/mol. The van der Waals surface area contributed by atoms with Gasteiger partial charge < -0.3 is 14.4 Å². The molecule has 1 unspecified atom stereocenters. The van der Waals surface area contributed by atoms with Gasteiger partial charge in [0.05, 0.1) is 30.5 Å². The Hall–Kier alpha value is -3.50. The molecule has 10 nitrogen and oxygen atoms in total. The fourth-order valence-electron chi connectivity index (χ4n) is 5.11. The van der Waals surface area contributed by atoms with E-state index in [1.165, 1.54) is 0 Å². The topological polar surface area (TPSA) is 99.0 Å². The molecule has 2 aliphatic heterocycles. The quantitative estimate of drug-likeness (QED) is 0.430. The van der Waals surface area contributed by atoms with Crippen molar-refractivity contribution in [2.75, 3.05) is 19.7 Å². The summed E-state index contributed by atoms with van der Waals surface area (Å²) >= 11 is 0. The van der Waals surface area contributed by atoms with Gasteiger partial charge in [-0.25, -0.2) is 14.6 Å². The maximum Gasteiger partial charge on any atom is 0.178 e.